The Labute approximate surface area is 190 Å². The maximum atomic E-state index is 14.3. The molecule has 0 aliphatic carbocycles. The fraction of sp³-hybridized carbons (Fsp3) is 0.500. The molecule has 184 valence electrons. The molecule has 1 saturated heterocycles. The molecule has 1 fully saturated rings. The molecule has 2 N–H and O–H groups in total. The summed E-state index contributed by atoms with van der Waals surface area (Å²) in [6.45, 7) is 8.30. The molecule has 0 radical (unpaired) electrons. The van der Waals surface area contributed by atoms with Crippen LogP contribution in [0.5, 0.6) is 0 Å². The molecule has 0 spiro atoms. The van der Waals surface area contributed by atoms with Crippen LogP contribution in [0.3, 0.4) is 0 Å². The first kappa shape index (κ1) is 28.1. The van der Waals surface area contributed by atoms with Crippen LogP contribution in [0.4, 0.5) is 22.0 Å². The zero-order chi connectivity index (χ0) is 25.4. The highest BCUT2D eigenvalue weighted by Gasteiger charge is 2.46. The third-order valence-corrected chi connectivity index (χ3v) is 5.01. The van der Waals surface area contributed by atoms with Crippen LogP contribution in [0.2, 0.25) is 0 Å². The lowest BCUT2D eigenvalue weighted by Crippen LogP contribution is -2.57. The van der Waals surface area contributed by atoms with Gasteiger partial charge in [0.1, 0.15) is 12.3 Å². The van der Waals surface area contributed by atoms with Crippen molar-refractivity contribution in [3.63, 3.8) is 0 Å². The Hall–Kier alpha value is -2.98. The van der Waals surface area contributed by atoms with Crippen molar-refractivity contribution < 1.29 is 31.5 Å². The molecule has 0 aromatic heterocycles. The number of allylic oxidation sites excluding steroid dienone is 5. The van der Waals surface area contributed by atoms with Crippen molar-refractivity contribution in [2.24, 2.45) is 21.6 Å². The molecule has 1 aliphatic rings. The van der Waals surface area contributed by atoms with Crippen molar-refractivity contribution in [2.45, 2.75) is 38.4 Å². The number of aliphatic imine (C=N–C) groups is 2. The lowest BCUT2D eigenvalue weighted by molar-refractivity contribution is -0.152. The van der Waals surface area contributed by atoms with E-state index in [1.807, 2.05) is 0 Å². The molecular formula is C22H29F5N4O2. The topological polar surface area (TPSA) is 80.3 Å². The van der Waals surface area contributed by atoms with Gasteiger partial charge in [-0.05, 0) is 31.7 Å². The number of nitrogens with two attached hydrogens (primary N) is 1. The summed E-state index contributed by atoms with van der Waals surface area (Å²) in [5.74, 6) is -4.54. The molecule has 0 bridgehead atoms. The molecule has 0 aromatic carbocycles. The molecule has 1 amide bonds. The van der Waals surface area contributed by atoms with Gasteiger partial charge in [-0.2, -0.15) is 13.2 Å². The summed E-state index contributed by atoms with van der Waals surface area (Å²) in [4.78, 5) is 21.4. The Morgan fingerprint density at radius 3 is 2.48 bits per heavy atom. The van der Waals surface area contributed by atoms with Crippen LogP contribution in [0.1, 0.15) is 20.3 Å². The third kappa shape index (κ3) is 8.14. The summed E-state index contributed by atoms with van der Waals surface area (Å²) in [5.41, 5.74) is 4.91. The number of likely N-dealkylation sites (tertiary alicyclic amines) is 1. The van der Waals surface area contributed by atoms with Gasteiger partial charge in [-0.15, -0.1) is 0 Å². The quantitative estimate of drug-likeness (QED) is 0.179. The van der Waals surface area contributed by atoms with Crippen molar-refractivity contribution in [3.8, 4) is 0 Å². The van der Waals surface area contributed by atoms with Crippen LogP contribution in [-0.2, 0) is 9.53 Å². The molecule has 2 atom stereocenters. The standard InChI is InChI=1S/C22H29F5N4O2/c1-6-17(22(25,26)27)8-7-15(3)33-12-18-14(2)9-21(23,24)13-31(18)20(32)19(28)16(10-29-4)11-30-5/h6-8,11,14,18H,1,4,9-10,12-13,28H2,2-3,5H3/b15-7+,17-8+,19-16?,30-11?. The smallest absolute Gasteiger partial charge is 0.416 e. The molecule has 11 heteroatoms. The summed E-state index contributed by atoms with van der Waals surface area (Å²) < 4.78 is 72.5. The number of ether oxygens (including phenoxy) is 1. The summed E-state index contributed by atoms with van der Waals surface area (Å²) >= 11 is 0. The second-order valence-electron chi connectivity index (χ2n) is 7.66. The van der Waals surface area contributed by atoms with E-state index < -0.39 is 48.5 Å². The number of alkyl halides is 5. The van der Waals surface area contributed by atoms with Gasteiger partial charge < -0.3 is 15.4 Å². The highest BCUT2D eigenvalue weighted by atomic mass is 19.4. The second kappa shape index (κ2) is 11.8. The molecule has 1 rings (SSSR count). The number of rotatable bonds is 9. The molecule has 0 saturated carbocycles. The highest BCUT2D eigenvalue weighted by Crippen LogP contribution is 2.35. The molecule has 0 aromatic rings. The molecule has 1 aliphatic heterocycles. The molecule has 1 heterocycles. The number of halogens is 5. The van der Waals surface area contributed by atoms with Crippen molar-refractivity contribution in [1.29, 1.82) is 0 Å². The number of hydrogen-bond donors (Lipinski definition) is 1. The van der Waals surface area contributed by atoms with Gasteiger partial charge in [-0.25, -0.2) is 8.78 Å². The average molecular weight is 476 g/mol. The van der Waals surface area contributed by atoms with Gasteiger partial charge in [-0.1, -0.05) is 19.6 Å². The van der Waals surface area contributed by atoms with E-state index in [4.69, 9.17) is 10.5 Å². The Morgan fingerprint density at radius 2 is 1.97 bits per heavy atom. The fourth-order valence-electron chi connectivity index (χ4n) is 3.34. The lowest BCUT2D eigenvalue weighted by atomic mass is 9.88. The Kier molecular flexibility index (Phi) is 10.00. The number of nitrogens with zero attached hydrogens (tertiary/aromatic N) is 3. The Morgan fingerprint density at radius 1 is 1.33 bits per heavy atom. The lowest BCUT2D eigenvalue weighted by Gasteiger charge is -2.43. The van der Waals surface area contributed by atoms with Crippen molar-refractivity contribution in [2.75, 3.05) is 26.7 Å². The van der Waals surface area contributed by atoms with Crippen LogP contribution < -0.4 is 5.73 Å². The SMILES string of the molecule is C=C/C(=C\C=C(/C)OCC1C(C)CC(F)(F)CN1C(=O)C(N)=C(C=NC)CN=C)C(F)(F)F. The zero-order valence-corrected chi connectivity index (χ0v) is 18.8. The van der Waals surface area contributed by atoms with E-state index in [1.165, 1.54) is 20.2 Å². The zero-order valence-electron chi connectivity index (χ0n) is 18.8. The number of hydrogen-bond acceptors (Lipinski definition) is 5. The Balaban J connectivity index is 3.18. The summed E-state index contributed by atoms with van der Waals surface area (Å²) in [5, 5.41) is 0. The minimum atomic E-state index is -4.57. The maximum Gasteiger partial charge on any atom is 0.416 e. The van der Waals surface area contributed by atoms with Gasteiger partial charge in [0.05, 0.1) is 30.5 Å². The molecule has 33 heavy (non-hydrogen) atoms. The van der Waals surface area contributed by atoms with Gasteiger partial charge in [0.2, 0.25) is 0 Å². The van der Waals surface area contributed by atoms with Crippen molar-refractivity contribution >= 4 is 18.8 Å². The molecular weight excluding hydrogens is 447 g/mol. The highest BCUT2D eigenvalue weighted by molar-refractivity contribution is 5.99. The predicted molar refractivity (Wildman–Crippen MR) is 118 cm³/mol. The summed E-state index contributed by atoms with van der Waals surface area (Å²) in [7, 11) is 1.45. The van der Waals surface area contributed by atoms with Gasteiger partial charge >= 0.3 is 6.18 Å². The predicted octanol–water partition coefficient (Wildman–Crippen LogP) is 4.07. The van der Waals surface area contributed by atoms with Crippen LogP contribution in [0.15, 0.2) is 57.4 Å². The number of piperidine rings is 1. The van der Waals surface area contributed by atoms with Crippen LogP contribution >= 0.6 is 0 Å². The van der Waals surface area contributed by atoms with Gasteiger partial charge in [0, 0.05) is 25.3 Å². The van der Waals surface area contributed by atoms with E-state index >= 15 is 0 Å². The largest absolute Gasteiger partial charge is 0.496 e. The van der Waals surface area contributed by atoms with Crippen LogP contribution in [0.25, 0.3) is 0 Å². The number of amides is 1. The summed E-state index contributed by atoms with van der Waals surface area (Å²) in [6, 6.07) is -0.791. The van der Waals surface area contributed by atoms with E-state index in [0.29, 0.717) is 6.08 Å². The molecule has 6 nitrogen and oxygen atoms in total. The second-order valence-corrected chi connectivity index (χ2v) is 7.66. The van der Waals surface area contributed by atoms with E-state index in [9.17, 15) is 26.7 Å². The first-order valence-electron chi connectivity index (χ1n) is 10.0. The number of carbonyl (C=O) groups is 1. The minimum Gasteiger partial charge on any atom is -0.496 e. The van der Waals surface area contributed by atoms with E-state index in [2.05, 4.69) is 23.3 Å². The van der Waals surface area contributed by atoms with E-state index in [-0.39, 0.29) is 30.2 Å². The van der Waals surface area contributed by atoms with E-state index in [0.717, 1.165) is 17.1 Å². The average Bonchev–Trinajstić information content (AvgIpc) is 2.70. The fourth-order valence-corrected chi connectivity index (χ4v) is 3.34. The first-order valence-corrected chi connectivity index (χ1v) is 10.0. The molecule has 2 unspecified atom stereocenters. The van der Waals surface area contributed by atoms with Crippen LogP contribution in [-0.4, -0.2) is 68.6 Å². The van der Waals surface area contributed by atoms with Crippen molar-refractivity contribution in [3.05, 3.63) is 47.4 Å². The maximum absolute atomic E-state index is 14.3. The number of carbonyl (C=O) groups excluding carboxylic acids is 1. The Bertz CT molecular complexity index is 859. The van der Waals surface area contributed by atoms with Gasteiger partial charge in [0.15, 0.2) is 0 Å². The third-order valence-electron chi connectivity index (χ3n) is 5.01. The van der Waals surface area contributed by atoms with Gasteiger partial charge in [-0.3, -0.25) is 14.8 Å². The normalized spacial score (nSPS) is 22.7. The minimum absolute atomic E-state index is 0.0328. The first-order chi connectivity index (χ1) is 15.3. The van der Waals surface area contributed by atoms with Crippen LogP contribution in [0, 0.1) is 5.92 Å². The summed E-state index contributed by atoms with van der Waals surface area (Å²) in [6.07, 6.45) is -1.20. The van der Waals surface area contributed by atoms with E-state index in [1.54, 1.807) is 6.92 Å². The van der Waals surface area contributed by atoms with Gasteiger partial charge in [0.25, 0.3) is 11.8 Å². The monoisotopic (exact) mass is 476 g/mol. The van der Waals surface area contributed by atoms with Crippen molar-refractivity contribution in [1.82, 2.24) is 4.90 Å².